The van der Waals surface area contributed by atoms with Gasteiger partial charge in [-0.3, -0.25) is 0 Å². The van der Waals surface area contributed by atoms with Gasteiger partial charge in [-0.15, -0.1) is 0 Å². The number of ether oxygens (including phenoxy) is 1. The lowest BCUT2D eigenvalue weighted by Crippen LogP contribution is -2.52. The van der Waals surface area contributed by atoms with E-state index in [1.165, 1.54) is 0 Å². The molecule has 3 unspecified atom stereocenters. The van der Waals surface area contributed by atoms with E-state index in [-0.39, 0.29) is 18.7 Å². The van der Waals surface area contributed by atoms with Gasteiger partial charge in [-0.2, -0.15) is 4.91 Å². The molecule has 0 radical (unpaired) electrons. The van der Waals surface area contributed by atoms with Crippen molar-refractivity contribution in [1.29, 1.82) is 0 Å². The Kier molecular flexibility index (Phi) is 5.32. The predicted molar refractivity (Wildman–Crippen MR) is 75.0 cm³/mol. The van der Waals surface area contributed by atoms with Gasteiger partial charge >= 0.3 is 6.09 Å². The number of likely N-dealkylation sites (tertiary alicyclic amines) is 1. The minimum Gasteiger partial charge on any atom is -0.444 e. The average molecular weight is 270 g/mol. The van der Waals surface area contributed by atoms with Gasteiger partial charge in [0.1, 0.15) is 5.60 Å². The lowest BCUT2D eigenvalue weighted by atomic mass is 9.84. The molecule has 0 aromatic heterocycles. The first-order valence-corrected chi connectivity index (χ1v) is 7.03. The number of rotatable bonds is 3. The molecule has 0 bridgehead atoms. The van der Waals surface area contributed by atoms with Gasteiger partial charge in [-0.25, -0.2) is 4.79 Å². The van der Waals surface area contributed by atoms with Gasteiger partial charge in [-0.05, 0) is 45.4 Å². The number of carbonyl (C=O) groups is 1. The third-order valence-electron chi connectivity index (χ3n) is 3.48. The Balaban J connectivity index is 2.78. The van der Waals surface area contributed by atoms with Crippen molar-refractivity contribution in [3.05, 3.63) is 4.91 Å². The van der Waals surface area contributed by atoms with Crippen LogP contribution in [0.25, 0.3) is 0 Å². The summed E-state index contributed by atoms with van der Waals surface area (Å²) in [4.78, 5) is 24.4. The number of nitroso groups, excluding NO2 is 1. The fraction of sp³-hybridized carbons (Fsp3) is 0.929. The molecule has 1 rings (SSSR count). The summed E-state index contributed by atoms with van der Waals surface area (Å²) in [6.07, 6.45) is 1.42. The van der Waals surface area contributed by atoms with E-state index >= 15 is 0 Å². The van der Waals surface area contributed by atoms with Crippen LogP contribution >= 0.6 is 0 Å². The third kappa shape index (κ3) is 4.80. The first kappa shape index (κ1) is 15.9. The number of hydrogen-bond acceptors (Lipinski definition) is 4. The van der Waals surface area contributed by atoms with E-state index in [1.807, 2.05) is 20.8 Å². The molecule has 1 saturated heterocycles. The molecular formula is C14H26N2O3. The highest BCUT2D eigenvalue weighted by atomic mass is 16.6. The Hall–Kier alpha value is -1.13. The minimum atomic E-state index is -0.492. The van der Waals surface area contributed by atoms with Gasteiger partial charge in [0.2, 0.25) is 0 Å². The molecule has 1 fully saturated rings. The second kappa shape index (κ2) is 6.35. The first-order valence-electron chi connectivity index (χ1n) is 7.03. The van der Waals surface area contributed by atoms with Crippen molar-refractivity contribution in [3.63, 3.8) is 0 Å². The van der Waals surface area contributed by atoms with Gasteiger partial charge in [0.05, 0.1) is 6.54 Å². The predicted octanol–water partition coefficient (Wildman–Crippen LogP) is 3.42. The monoisotopic (exact) mass is 270 g/mol. The van der Waals surface area contributed by atoms with Crippen LogP contribution in [0, 0.1) is 16.7 Å². The highest BCUT2D eigenvalue weighted by Crippen LogP contribution is 2.30. The molecule has 1 heterocycles. The van der Waals surface area contributed by atoms with Crippen LogP contribution in [0.1, 0.15) is 47.5 Å². The largest absolute Gasteiger partial charge is 0.444 e. The van der Waals surface area contributed by atoms with Crippen molar-refractivity contribution >= 4 is 6.09 Å². The van der Waals surface area contributed by atoms with Gasteiger partial charge in [-0.1, -0.05) is 19.0 Å². The second-order valence-corrected chi connectivity index (χ2v) is 6.66. The zero-order valence-electron chi connectivity index (χ0n) is 12.7. The van der Waals surface area contributed by atoms with Crippen molar-refractivity contribution in [2.24, 2.45) is 17.0 Å². The van der Waals surface area contributed by atoms with Crippen molar-refractivity contribution in [2.75, 3.05) is 13.1 Å². The molecule has 1 amide bonds. The second-order valence-electron chi connectivity index (χ2n) is 6.66. The van der Waals surface area contributed by atoms with Gasteiger partial charge in [0.15, 0.2) is 0 Å². The molecule has 19 heavy (non-hydrogen) atoms. The van der Waals surface area contributed by atoms with E-state index in [0.717, 1.165) is 6.42 Å². The summed E-state index contributed by atoms with van der Waals surface area (Å²) in [5.74, 6) is 0.834. The van der Waals surface area contributed by atoms with Gasteiger partial charge < -0.3 is 9.64 Å². The molecular weight excluding hydrogens is 244 g/mol. The fourth-order valence-electron chi connectivity index (χ4n) is 2.80. The number of nitrogens with zero attached hydrogens (tertiary/aromatic N) is 2. The lowest BCUT2D eigenvalue weighted by molar-refractivity contribution is -0.00741. The zero-order valence-corrected chi connectivity index (χ0v) is 12.7. The van der Waals surface area contributed by atoms with Crippen molar-refractivity contribution in [1.82, 2.24) is 4.90 Å². The molecule has 0 N–H and O–H groups in total. The number of amides is 1. The van der Waals surface area contributed by atoms with Crippen molar-refractivity contribution in [3.8, 4) is 0 Å². The Morgan fingerprint density at radius 2 is 2.00 bits per heavy atom. The Morgan fingerprint density at radius 1 is 1.37 bits per heavy atom. The van der Waals surface area contributed by atoms with Crippen molar-refractivity contribution in [2.45, 2.75) is 59.1 Å². The first-order chi connectivity index (χ1) is 8.74. The Labute approximate surface area is 115 Å². The maximum atomic E-state index is 12.3. The normalized spacial score (nSPS) is 28.1. The molecule has 5 nitrogen and oxygen atoms in total. The molecule has 0 aliphatic carbocycles. The quantitative estimate of drug-likeness (QED) is 0.738. The molecule has 5 heteroatoms. The topological polar surface area (TPSA) is 59.0 Å². The summed E-state index contributed by atoms with van der Waals surface area (Å²) in [5, 5.41) is 2.92. The maximum Gasteiger partial charge on any atom is 0.410 e. The van der Waals surface area contributed by atoms with E-state index in [4.69, 9.17) is 4.74 Å². The van der Waals surface area contributed by atoms with E-state index in [2.05, 4.69) is 19.0 Å². The molecule has 1 aliphatic heterocycles. The van der Waals surface area contributed by atoms with Crippen LogP contribution < -0.4 is 0 Å². The highest BCUT2D eigenvalue weighted by Gasteiger charge is 2.36. The van der Waals surface area contributed by atoms with Crippen molar-refractivity contribution < 1.29 is 9.53 Å². The average Bonchev–Trinajstić information content (AvgIpc) is 2.24. The van der Waals surface area contributed by atoms with E-state index in [0.29, 0.717) is 24.8 Å². The summed E-state index contributed by atoms with van der Waals surface area (Å²) < 4.78 is 5.46. The van der Waals surface area contributed by atoms with E-state index in [1.54, 1.807) is 4.90 Å². The van der Waals surface area contributed by atoms with Crippen LogP contribution in [0.3, 0.4) is 0 Å². The minimum absolute atomic E-state index is 0.0590. The van der Waals surface area contributed by atoms with Gasteiger partial charge in [0.25, 0.3) is 0 Å². The van der Waals surface area contributed by atoms with Crippen LogP contribution in [0.4, 0.5) is 4.79 Å². The molecule has 0 aromatic carbocycles. The molecule has 0 spiro atoms. The number of carbonyl (C=O) groups excluding carboxylic acids is 1. The molecule has 0 saturated carbocycles. The molecule has 110 valence electrons. The zero-order chi connectivity index (χ0) is 14.6. The Morgan fingerprint density at radius 3 is 2.53 bits per heavy atom. The standard InChI is InChI=1S/C14H26N2O3/c1-10-8-11(2)12(6-7-15-18)16(9-10)13(17)19-14(3,4)5/h10-12H,6-9H2,1-5H3. The SMILES string of the molecule is CC1CC(C)C(CCN=O)N(C(=O)OC(C)(C)C)C1. The molecule has 3 atom stereocenters. The fourth-order valence-corrected chi connectivity index (χ4v) is 2.80. The third-order valence-corrected chi connectivity index (χ3v) is 3.48. The van der Waals surface area contributed by atoms with E-state index in [9.17, 15) is 9.70 Å². The van der Waals surface area contributed by atoms with E-state index < -0.39 is 5.60 Å². The summed E-state index contributed by atoms with van der Waals surface area (Å²) in [6.45, 7) is 10.8. The summed E-state index contributed by atoms with van der Waals surface area (Å²) >= 11 is 0. The number of hydrogen-bond donors (Lipinski definition) is 0. The highest BCUT2D eigenvalue weighted by molar-refractivity contribution is 5.68. The number of piperidine rings is 1. The molecule has 0 aromatic rings. The maximum absolute atomic E-state index is 12.3. The summed E-state index contributed by atoms with van der Waals surface area (Å²) in [7, 11) is 0. The van der Waals surface area contributed by atoms with Crippen LogP contribution in [-0.4, -0.2) is 35.7 Å². The summed E-state index contributed by atoms with van der Waals surface area (Å²) in [5.41, 5.74) is -0.492. The lowest BCUT2D eigenvalue weighted by Gasteiger charge is -2.42. The Bertz CT molecular complexity index is 325. The van der Waals surface area contributed by atoms with Crippen LogP contribution in [0.15, 0.2) is 5.18 Å². The van der Waals surface area contributed by atoms with Crippen LogP contribution in [-0.2, 0) is 4.74 Å². The van der Waals surface area contributed by atoms with Crippen LogP contribution in [0.5, 0.6) is 0 Å². The smallest absolute Gasteiger partial charge is 0.410 e. The van der Waals surface area contributed by atoms with Crippen LogP contribution in [0.2, 0.25) is 0 Å². The van der Waals surface area contributed by atoms with Gasteiger partial charge in [0, 0.05) is 12.6 Å². The summed E-state index contributed by atoms with van der Waals surface area (Å²) in [6, 6.07) is 0.0590. The molecule has 1 aliphatic rings.